The highest BCUT2D eigenvalue weighted by Gasteiger charge is 2.30. The number of carbonyl (C=O) groups excluding carboxylic acids is 1. The quantitative estimate of drug-likeness (QED) is 0.662. The summed E-state index contributed by atoms with van der Waals surface area (Å²) in [7, 11) is 0. The van der Waals surface area contributed by atoms with Gasteiger partial charge in [-0.05, 0) is 43.4 Å². The second-order valence-corrected chi connectivity index (χ2v) is 6.00. The van der Waals surface area contributed by atoms with Crippen molar-refractivity contribution >= 4 is 5.91 Å². The van der Waals surface area contributed by atoms with Gasteiger partial charge < -0.3 is 16.2 Å². The number of hydrogen-bond donors (Lipinski definition) is 3. The van der Waals surface area contributed by atoms with E-state index in [1.165, 1.54) is 25.7 Å². The van der Waals surface area contributed by atoms with Crippen molar-refractivity contribution in [3.05, 3.63) is 0 Å². The van der Waals surface area contributed by atoms with E-state index in [1.807, 2.05) is 0 Å². The first-order valence-electron chi connectivity index (χ1n) is 7.34. The van der Waals surface area contributed by atoms with Crippen LogP contribution in [0, 0.1) is 17.8 Å². The third-order valence-electron chi connectivity index (χ3n) is 4.51. The van der Waals surface area contributed by atoms with E-state index in [1.54, 1.807) is 0 Å². The van der Waals surface area contributed by atoms with Crippen LogP contribution in [-0.2, 0) is 4.79 Å². The van der Waals surface area contributed by atoms with Gasteiger partial charge in [-0.3, -0.25) is 4.79 Å². The molecule has 2 saturated carbocycles. The van der Waals surface area contributed by atoms with Crippen molar-refractivity contribution in [1.29, 1.82) is 0 Å². The Labute approximate surface area is 109 Å². The summed E-state index contributed by atoms with van der Waals surface area (Å²) in [5.74, 6) is 1.48. The van der Waals surface area contributed by atoms with Crippen LogP contribution in [0.1, 0.15) is 44.9 Å². The minimum absolute atomic E-state index is 0.0463. The van der Waals surface area contributed by atoms with Gasteiger partial charge in [0.1, 0.15) is 0 Å². The van der Waals surface area contributed by atoms with Crippen molar-refractivity contribution in [3.63, 3.8) is 0 Å². The number of hydrogen-bond acceptors (Lipinski definition) is 3. The van der Waals surface area contributed by atoms with Gasteiger partial charge in [-0.15, -0.1) is 0 Å². The van der Waals surface area contributed by atoms with Crippen LogP contribution in [0.3, 0.4) is 0 Å². The normalized spacial score (nSPS) is 29.9. The highest BCUT2D eigenvalue weighted by molar-refractivity contribution is 5.76. The molecule has 2 rings (SSSR count). The van der Waals surface area contributed by atoms with Crippen molar-refractivity contribution < 1.29 is 9.90 Å². The molecule has 0 radical (unpaired) electrons. The van der Waals surface area contributed by atoms with Gasteiger partial charge in [0.25, 0.3) is 0 Å². The summed E-state index contributed by atoms with van der Waals surface area (Å²) < 4.78 is 0. The molecule has 2 fully saturated rings. The molecule has 3 unspecified atom stereocenters. The Bertz CT molecular complexity index is 279. The molecule has 0 aromatic heterocycles. The van der Waals surface area contributed by atoms with Crippen LogP contribution in [0.25, 0.3) is 0 Å². The van der Waals surface area contributed by atoms with Crippen LogP contribution in [0.15, 0.2) is 0 Å². The van der Waals surface area contributed by atoms with Crippen molar-refractivity contribution in [2.75, 3.05) is 13.2 Å². The molecular weight excluding hydrogens is 228 g/mol. The lowest BCUT2D eigenvalue weighted by Crippen LogP contribution is -2.38. The summed E-state index contributed by atoms with van der Waals surface area (Å²) in [4.78, 5) is 11.8. The summed E-state index contributed by atoms with van der Waals surface area (Å²) >= 11 is 0. The van der Waals surface area contributed by atoms with Gasteiger partial charge in [-0.25, -0.2) is 0 Å². The van der Waals surface area contributed by atoms with E-state index < -0.39 is 0 Å². The van der Waals surface area contributed by atoms with Gasteiger partial charge >= 0.3 is 0 Å². The largest absolute Gasteiger partial charge is 0.396 e. The van der Waals surface area contributed by atoms with E-state index in [0.29, 0.717) is 30.7 Å². The van der Waals surface area contributed by atoms with Gasteiger partial charge in [-0.1, -0.05) is 12.8 Å². The Balaban J connectivity index is 1.67. The first-order valence-corrected chi connectivity index (χ1v) is 7.34. The van der Waals surface area contributed by atoms with Gasteiger partial charge in [0.2, 0.25) is 5.91 Å². The molecule has 4 nitrogen and oxygen atoms in total. The van der Waals surface area contributed by atoms with Gasteiger partial charge in [-0.2, -0.15) is 0 Å². The number of amides is 1. The molecule has 18 heavy (non-hydrogen) atoms. The van der Waals surface area contributed by atoms with Crippen LogP contribution in [0.4, 0.5) is 0 Å². The van der Waals surface area contributed by atoms with Crippen LogP contribution in [0.2, 0.25) is 0 Å². The number of rotatable bonds is 6. The summed E-state index contributed by atoms with van der Waals surface area (Å²) in [5.41, 5.74) is 5.94. The zero-order valence-corrected chi connectivity index (χ0v) is 11.1. The van der Waals surface area contributed by atoms with E-state index in [0.717, 1.165) is 12.8 Å². The number of aliphatic hydroxyl groups excluding tert-OH is 1. The van der Waals surface area contributed by atoms with Gasteiger partial charge in [0.15, 0.2) is 0 Å². The maximum Gasteiger partial charge on any atom is 0.221 e. The Morgan fingerprint density at radius 2 is 1.89 bits per heavy atom. The molecule has 0 aromatic rings. The average Bonchev–Trinajstić information content (AvgIpc) is 3.21. The molecule has 0 heterocycles. The molecule has 0 spiro atoms. The van der Waals surface area contributed by atoms with Gasteiger partial charge in [0.05, 0.1) is 0 Å². The van der Waals surface area contributed by atoms with E-state index >= 15 is 0 Å². The molecule has 0 aliphatic heterocycles. The Morgan fingerprint density at radius 1 is 1.22 bits per heavy atom. The average molecular weight is 254 g/mol. The summed E-state index contributed by atoms with van der Waals surface area (Å²) in [6.45, 7) is 0.962. The lowest BCUT2D eigenvalue weighted by Gasteiger charge is -2.30. The molecule has 2 aliphatic rings. The summed E-state index contributed by atoms with van der Waals surface area (Å²) in [6, 6.07) is 0.0463. The molecule has 4 N–H and O–H groups in total. The second-order valence-electron chi connectivity index (χ2n) is 6.00. The zero-order valence-electron chi connectivity index (χ0n) is 11.1. The van der Waals surface area contributed by atoms with Crippen molar-refractivity contribution in [2.45, 2.75) is 51.0 Å². The van der Waals surface area contributed by atoms with Gasteiger partial charge in [0, 0.05) is 25.6 Å². The number of carbonyl (C=O) groups is 1. The minimum atomic E-state index is 0.0463. The van der Waals surface area contributed by atoms with Crippen LogP contribution in [0.5, 0.6) is 0 Å². The predicted octanol–water partition coefficient (Wildman–Crippen LogP) is 1.03. The fraction of sp³-hybridized carbons (Fsp3) is 0.929. The fourth-order valence-electron chi connectivity index (χ4n) is 3.02. The molecule has 1 amide bonds. The highest BCUT2D eigenvalue weighted by atomic mass is 16.3. The lowest BCUT2D eigenvalue weighted by atomic mass is 9.79. The summed E-state index contributed by atoms with van der Waals surface area (Å²) in [6.07, 6.45) is 7.48. The first-order chi connectivity index (χ1) is 8.70. The third-order valence-corrected chi connectivity index (χ3v) is 4.51. The number of nitrogens with one attached hydrogen (secondary N) is 1. The Morgan fingerprint density at radius 3 is 2.50 bits per heavy atom. The standard InChI is InChI=1S/C14H26N2O2/c15-13(10-5-6-10)7-14(18)16-8-11-3-1-2-4-12(11)9-17/h10-13,17H,1-9,15H2,(H,16,18). The Hall–Kier alpha value is -0.610. The maximum absolute atomic E-state index is 11.8. The minimum Gasteiger partial charge on any atom is -0.396 e. The third kappa shape index (κ3) is 3.95. The molecule has 2 aliphatic carbocycles. The van der Waals surface area contributed by atoms with Crippen LogP contribution < -0.4 is 11.1 Å². The predicted molar refractivity (Wildman–Crippen MR) is 70.9 cm³/mol. The van der Waals surface area contributed by atoms with E-state index in [9.17, 15) is 9.90 Å². The molecule has 104 valence electrons. The fourth-order valence-corrected chi connectivity index (χ4v) is 3.02. The van der Waals surface area contributed by atoms with Crippen LogP contribution in [-0.4, -0.2) is 30.2 Å². The molecule has 0 bridgehead atoms. The number of aliphatic hydroxyl groups is 1. The van der Waals surface area contributed by atoms with Crippen molar-refractivity contribution in [1.82, 2.24) is 5.32 Å². The second kappa shape index (κ2) is 6.53. The molecular formula is C14H26N2O2. The molecule has 0 aromatic carbocycles. The van der Waals surface area contributed by atoms with E-state index in [4.69, 9.17) is 5.73 Å². The lowest BCUT2D eigenvalue weighted by molar-refractivity contribution is -0.121. The monoisotopic (exact) mass is 254 g/mol. The highest BCUT2D eigenvalue weighted by Crippen LogP contribution is 2.33. The Kier molecular flexibility index (Phi) is 5.01. The van der Waals surface area contributed by atoms with Crippen molar-refractivity contribution in [3.8, 4) is 0 Å². The topological polar surface area (TPSA) is 75.4 Å². The SMILES string of the molecule is NC(CC(=O)NCC1CCCCC1CO)C1CC1. The molecule has 0 saturated heterocycles. The van der Waals surface area contributed by atoms with E-state index in [-0.39, 0.29) is 18.6 Å². The summed E-state index contributed by atoms with van der Waals surface area (Å²) in [5, 5.41) is 12.3. The number of nitrogens with two attached hydrogens (primary N) is 1. The smallest absolute Gasteiger partial charge is 0.221 e. The van der Waals surface area contributed by atoms with Crippen molar-refractivity contribution in [2.24, 2.45) is 23.5 Å². The zero-order chi connectivity index (χ0) is 13.0. The first kappa shape index (κ1) is 13.8. The molecule has 3 atom stereocenters. The maximum atomic E-state index is 11.8. The molecule has 4 heteroatoms. The van der Waals surface area contributed by atoms with Crippen LogP contribution >= 0.6 is 0 Å². The van der Waals surface area contributed by atoms with E-state index in [2.05, 4.69) is 5.32 Å².